The Bertz CT molecular complexity index is 1470. The number of nitrogens with two attached hydrogens (primary N) is 1. The van der Waals surface area contributed by atoms with Gasteiger partial charge in [-0.25, -0.2) is 4.79 Å². The number of para-hydroxylation sites is 1. The molecule has 0 atom stereocenters. The topological polar surface area (TPSA) is 119 Å². The highest BCUT2D eigenvalue weighted by Crippen LogP contribution is 2.43. The van der Waals surface area contributed by atoms with Crippen LogP contribution < -0.4 is 16.4 Å². The number of fused-ring (bicyclic) bond motifs is 3. The van der Waals surface area contributed by atoms with Gasteiger partial charge in [-0.15, -0.1) is 0 Å². The van der Waals surface area contributed by atoms with Crippen molar-refractivity contribution in [2.75, 3.05) is 32.5 Å². The first-order valence-electron chi connectivity index (χ1n) is 14.5. The summed E-state index contributed by atoms with van der Waals surface area (Å²) in [7, 11) is 3.91. The molecule has 0 spiro atoms. The highest BCUT2D eigenvalue weighted by molar-refractivity contribution is 6.06. The number of aromatic nitrogens is 1. The van der Waals surface area contributed by atoms with E-state index in [0.29, 0.717) is 24.2 Å². The van der Waals surface area contributed by atoms with E-state index in [-0.39, 0.29) is 29.6 Å². The van der Waals surface area contributed by atoms with Crippen LogP contribution >= 0.6 is 0 Å². The number of benzene rings is 2. The molecule has 0 radical (unpaired) electrons. The minimum Gasteiger partial charge on any atom is -0.446 e. The summed E-state index contributed by atoms with van der Waals surface area (Å²) in [6, 6.07) is 13.8. The maximum atomic E-state index is 13.3. The summed E-state index contributed by atoms with van der Waals surface area (Å²) in [6.45, 7) is 5.56. The molecule has 1 aliphatic heterocycles. The number of ether oxygens (including phenoxy) is 1. The van der Waals surface area contributed by atoms with Gasteiger partial charge in [-0.1, -0.05) is 38.1 Å². The molecule has 1 aliphatic carbocycles. The van der Waals surface area contributed by atoms with E-state index in [1.54, 1.807) is 6.07 Å². The molecule has 4 N–H and O–H groups in total. The zero-order valence-corrected chi connectivity index (χ0v) is 24.5. The van der Waals surface area contributed by atoms with E-state index in [0.717, 1.165) is 66.4 Å². The normalized spacial score (nSPS) is 20.1. The van der Waals surface area contributed by atoms with Gasteiger partial charge in [-0.2, -0.15) is 0 Å². The number of amides is 2. The van der Waals surface area contributed by atoms with Crippen LogP contribution in [0.4, 0.5) is 10.5 Å². The Hall–Kier alpha value is -3.85. The molecule has 5 rings (SSSR count). The first kappa shape index (κ1) is 28.7. The van der Waals surface area contributed by atoms with Crippen LogP contribution in [0.2, 0.25) is 0 Å². The molecule has 0 saturated heterocycles. The minimum atomic E-state index is -0.495. The van der Waals surface area contributed by atoms with Crippen molar-refractivity contribution in [3.05, 3.63) is 53.7 Å². The van der Waals surface area contributed by atoms with Gasteiger partial charge in [0, 0.05) is 47.9 Å². The monoisotopic (exact) mass is 559 g/mol. The van der Waals surface area contributed by atoms with Gasteiger partial charge in [-0.05, 0) is 75.4 Å². The Morgan fingerprint density at radius 2 is 1.80 bits per heavy atom. The van der Waals surface area contributed by atoms with Crippen LogP contribution in [-0.4, -0.2) is 66.7 Å². The summed E-state index contributed by atoms with van der Waals surface area (Å²) in [5.41, 5.74) is 10.6. The zero-order chi connectivity index (χ0) is 29.3. The van der Waals surface area contributed by atoms with Crippen molar-refractivity contribution >= 4 is 34.5 Å². The molecular weight excluding hydrogens is 518 g/mol. The third kappa shape index (κ3) is 6.25. The summed E-state index contributed by atoms with van der Waals surface area (Å²) in [4.78, 5) is 39.8. The van der Waals surface area contributed by atoms with Crippen molar-refractivity contribution in [3.8, 4) is 11.1 Å². The maximum Gasteiger partial charge on any atom is 0.407 e. The number of hydrogen-bond acceptors (Lipinski definition) is 6. The number of alkyl carbamates (subject to hydrolysis) is 1. The Morgan fingerprint density at radius 3 is 2.51 bits per heavy atom. The van der Waals surface area contributed by atoms with Gasteiger partial charge in [0.05, 0.1) is 11.1 Å². The van der Waals surface area contributed by atoms with Crippen LogP contribution in [0.25, 0.3) is 22.0 Å². The molecule has 1 fully saturated rings. The molecule has 1 aromatic heterocycles. The minimum absolute atomic E-state index is 0.108. The predicted octanol–water partition coefficient (Wildman–Crippen LogP) is 5.03. The number of nitrogens with zero attached hydrogens (tertiary/aromatic N) is 2. The second-order valence-electron chi connectivity index (χ2n) is 12.5. The van der Waals surface area contributed by atoms with Gasteiger partial charge in [0.1, 0.15) is 6.10 Å². The lowest BCUT2D eigenvalue weighted by Crippen LogP contribution is -2.36. The summed E-state index contributed by atoms with van der Waals surface area (Å²) >= 11 is 0. The van der Waals surface area contributed by atoms with E-state index < -0.39 is 5.91 Å². The van der Waals surface area contributed by atoms with E-state index in [9.17, 15) is 14.4 Å². The van der Waals surface area contributed by atoms with Crippen molar-refractivity contribution in [2.45, 2.75) is 64.5 Å². The lowest BCUT2D eigenvalue weighted by Gasteiger charge is -2.31. The highest BCUT2D eigenvalue weighted by atomic mass is 16.6. The second-order valence-corrected chi connectivity index (χ2v) is 12.5. The smallest absolute Gasteiger partial charge is 0.407 e. The Morgan fingerprint density at radius 1 is 1.07 bits per heavy atom. The molecular formula is C32H41N5O4. The van der Waals surface area contributed by atoms with Gasteiger partial charge >= 0.3 is 6.09 Å². The lowest BCUT2D eigenvalue weighted by molar-refractivity contribution is 0.0728. The number of likely N-dealkylation sites (N-methyl/N-ethyl adjacent to an activating group) is 1. The molecule has 3 aromatic rings. The quantitative estimate of drug-likeness (QED) is 0.356. The SMILES string of the molecule is CN(C)CCNC(=O)O[C@H]1CC[C@H](Nc2cc(-c3c4n(c5ccccc35)C(=O)CC(C)(C)C4)ccc2C(N)=O)CC1. The fourth-order valence-corrected chi connectivity index (χ4v) is 6.22. The zero-order valence-electron chi connectivity index (χ0n) is 24.5. The molecule has 9 nitrogen and oxygen atoms in total. The van der Waals surface area contributed by atoms with Crippen LogP contribution in [0.3, 0.4) is 0 Å². The molecule has 0 bridgehead atoms. The van der Waals surface area contributed by atoms with E-state index in [1.807, 2.05) is 53.9 Å². The number of hydrogen-bond donors (Lipinski definition) is 3. The first-order valence-corrected chi connectivity index (χ1v) is 14.5. The predicted molar refractivity (Wildman–Crippen MR) is 161 cm³/mol. The summed E-state index contributed by atoms with van der Waals surface area (Å²) < 4.78 is 7.50. The molecule has 0 unspecified atom stereocenters. The lowest BCUT2D eigenvalue weighted by atomic mass is 9.80. The maximum absolute atomic E-state index is 13.3. The van der Waals surface area contributed by atoms with Crippen molar-refractivity contribution in [2.24, 2.45) is 11.1 Å². The molecule has 2 amide bonds. The van der Waals surface area contributed by atoms with Crippen molar-refractivity contribution in [3.63, 3.8) is 0 Å². The van der Waals surface area contributed by atoms with Crippen molar-refractivity contribution in [1.82, 2.24) is 14.8 Å². The molecule has 2 aromatic carbocycles. The summed E-state index contributed by atoms with van der Waals surface area (Å²) in [5.74, 6) is -0.387. The van der Waals surface area contributed by atoms with Crippen LogP contribution in [0.5, 0.6) is 0 Å². The van der Waals surface area contributed by atoms with Gasteiger partial charge in [0.25, 0.3) is 5.91 Å². The summed E-state index contributed by atoms with van der Waals surface area (Å²) in [5, 5.41) is 7.39. The number of anilines is 1. The van der Waals surface area contributed by atoms with Crippen molar-refractivity contribution in [1.29, 1.82) is 0 Å². The highest BCUT2D eigenvalue weighted by Gasteiger charge is 2.35. The van der Waals surface area contributed by atoms with Crippen LogP contribution in [-0.2, 0) is 11.2 Å². The average Bonchev–Trinajstić information content (AvgIpc) is 3.22. The van der Waals surface area contributed by atoms with Gasteiger partial charge in [-0.3, -0.25) is 14.2 Å². The van der Waals surface area contributed by atoms with E-state index in [4.69, 9.17) is 10.5 Å². The number of rotatable bonds is 8. The molecule has 2 heterocycles. The molecule has 1 saturated carbocycles. The Kier molecular flexibility index (Phi) is 8.09. The van der Waals surface area contributed by atoms with Crippen LogP contribution in [0, 0.1) is 5.41 Å². The average molecular weight is 560 g/mol. The molecule has 9 heteroatoms. The molecule has 2 aliphatic rings. The Balaban J connectivity index is 1.37. The fraction of sp³-hybridized carbons (Fsp3) is 0.469. The first-order chi connectivity index (χ1) is 19.5. The van der Waals surface area contributed by atoms with Crippen LogP contribution in [0.1, 0.15) is 66.8 Å². The largest absolute Gasteiger partial charge is 0.446 e. The third-order valence-corrected chi connectivity index (χ3v) is 8.21. The molecule has 218 valence electrons. The second kappa shape index (κ2) is 11.6. The third-order valence-electron chi connectivity index (χ3n) is 8.21. The van der Waals surface area contributed by atoms with E-state index >= 15 is 0 Å². The number of primary amides is 1. The van der Waals surface area contributed by atoms with Gasteiger partial charge in [0.15, 0.2) is 0 Å². The number of carbonyl (C=O) groups is 3. The van der Waals surface area contributed by atoms with E-state index in [1.165, 1.54) is 0 Å². The number of carbonyl (C=O) groups excluding carboxylic acids is 3. The standard InChI is InChI=1S/C32H41N5O4/c1-32(2)18-27-29(24-7-5-6-8-26(24)37(27)28(38)19-32)20-9-14-23(30(33)39)25(17-20)35-21-10-12-22(13-11-21)41-31(40)34-15-16-36(3)4/h5-9,14,17,21-22,35H,10-13,15-16,18-19H2,1-4H3,(H2,33,39)(H,34,40)/t21-,22-. The van der Waals surface area contributed by atoms with Gasteiger partial charge < -0.3 is 26.0 Å². The Labute approximate surface area is 241 Å². The van der Waals surface area contributed by atoms with Crippen molar-refractivity contribution < 1.29 is 19.1 Å². The molecule has 41 heavy (non-hydrogen) atoms. The van der Waals surface area contributed by atoms with Crippen LogP contribution in [0.15, 0.2) is 42.5 Å². The number of nitrogens with one attached hydrogen (secondary N) is 2. The summed E-state index contributed by atoms with van der Waals surface area (Å²) in [6.07, 6.45) is 3.83. The van der Waals surface area contributed by atoms with Gasteiger partial charge in [0.2, 0.25) is 5.91 Å². The fourth-order valence-electron chi connectivity index (χ4n) is 6.22. The van der Waals surface area contributed by atoms with E-state index in [2.05, 4.69) is 30.5 Å².